The molecule has 0 saturated heterocycles. The number of fused-ring (bicyclic) bond motifs is 2. The van der Waals surface area contributed by atoms with Gasteiger partial charge in [0.25, 0.3) is 0 Å². The Labute approximate surface area is 512 Å². The van der Waals surface area contributed by atoms with Crippen molar-refractivity contribution in [2.45, 2.75) is 79.7 Å². The Balaban J connectivity index is 0.000000507. The lowest BCUT2D eigenvalue weighted by Crippen LogP contribution is -2.53. The number of hydrogen-bond donors (Lipinski definition) is 0. The SMILES string of the molecule is COc1ccc(C[C@@H]2c3cc(OC)c(OC)cc3CC[N@@+]2(C)CCC(=O)OCCCCCOC(=O)CC[N@+]2(C)CCc3cc(OC)c(OC)cc3[C@@H]2Cc2ccc(OC)c(OC)c2)cc1OC.O=S(=O)([O-])c1ccccc1.O=S(=O)([O-])c1ccccc1. The van der Waals surface area contributed by atoms with Crippen LogP contribution in [0.15, 0.2) is 131 Å². The molecule has 2 heterocycles. The summed E-state index contributed by atoms with van der Waals surface area (Å²) < 4.78 is 120. The molecule has 0 N–H and O–H groups in total. The van der Waals surface area contributed by atoms with Crippen LogP contribution in [0.1, 0.15) is 77.6 Å². The quantitative estimate of drug-likeness (QED) is 0.0213. The first-order valence-corrected chi connectivity index (χ1v) is 31.3. The van der Waals surface area contributed by atoms with Crippen LogP contribution in [0.25, 0.3) is 0 Å². The largest absolute Gasteiger partial charge is 0.744 e. The van der Waals surface area contributed by atoms with Crippen LogP contribution in [0.4, 0.5) is 0 Å². The van der Waals surface area contributed by atoms with Crippen LogP contribution in [-0.2, 0) is 65.0 Å². The highest BCUT2D eigenvalue weighted by Crippen LogP contribution is 2.45. The van der Waals surface area contributed by atoms with Crippen LogP contribution < -0.4 is 37.9 Å². The maximum atomic E-state index is 13.2. The van der Waals surface area contributed by atoms with Gasteiger partial charge in [-0.25, -0.2) is 16.8 Å². The minimum Gasteiger partial charge on any atom is -0.744 e. The van der Waals surface area contributed by atoms with Crippen molar-refractivity contribution in [3.63, 3.8) is 0 Å². The number of likely N-dealkylation sites (N-methyl/N-ethyl adjacent to an activating group) is 2. The summed E-state index contributed by atoms with van der Waals surface area (Å²) in [7, 11) is 9.11. The topological polar surface area (TPSA) is 241 Å². The smallest absolute Gasteiger partial charge is 0.311 e. The van der Waals surface area contributed by atoms with Gasteiger partial charge in [0.05, 0.1) is 133 Å². The number of unbranched alkanes of at least 4 members (excludes halogenated alkanes) is 2. The zero-order chi connectivity index (χ0) is 63.4. The van der Waals surface area contributed by atoms with Gasteiger partial charge in [0.15, 0.2) is 46.0 Å². The number of hydrogen-bond acceptors (Lipinski definition) is 18. The maximum absolute atomic E-state index is 13.2. The first-order valence-electron chi connectivity index (χ1n) is 28.5. The van der Waals surface area contributed by atoms with E-state index in [4.69, 9.17) is 47.4 Å². The van der Waals surface area contributed by atoms with Crippen molar-refractivity contribution in [3.8, 4) is 46.0 Å². The molecule has 0 fully saturated rings. The van der Waals surface area contributed by atoms with Crippen LogP contribution in [0.2, 0.25) is 0 Å². The van der Waals surface area contributed by atoms with E-state index >= 15 is 0 Å². The van der Waals surface area contributed by atoms with Crippen molar-refractivity contribution >= 4 is 32.2 Å². The molecule has 0 radical (unpaired) electrons. The zero-order valence-electron chi connectivity index (χ0n) is 51.4. The molecule has 8 rings (SSSR count). The number of quaternary nitrogens is 2. The number of ether oxygens (including phenoxy) is 10. The molecule has 0 aromatic heterocycles. The molecule has 6 aromatic rings. The third-order valence-electron chi connectivity index (χ3n) is 16.1. The lowest BCUT2D eigenvalue weighted by atomic mass is 9.86. The zero-order valence-corrected chi connectivity index (χ0v) is 53.0. The Hall–Kier alpha value is -7.60. The van der Waals surface area contributed by atoms with Gasteiger partial charge in [0, 0.05) is 36.8 Å². The van der Waals surface area contributed by atoms with Crippen molar-refractivity contribution in [1.29, 1.82) is 0 Å². The number of benzene rings is 6. The number of methoxy groups -OCH3 is 8. The Morgan fingerprint density at radius 2 is 0.759 bits per heavy atom. The third-order valence-corrected chi connectivity index (χ3v) is 17.8. The average Bonchev–Trinajstić information content (AvgIpc) is 1.78. The van der Waals surface area contributed by atoms with Crippen molar-refractivity contribution in [2.75, 3.05) is 110 Å². The lowest BCUT2D eigenvalue weighted by molar-refractivity contribution is -0.940. The molecule has 4 atom stereocenters. The molecule has 6 aromatic carbocycles. The van der Waals surface area contributed by atoms with Gasteiger partial charge in [0.2, 0.25) is 0 Å². The predicted molar refractivity (Wildman–Crippen MR) is 324 cm³/mol. The Bertz CT molecular complexity index is 3230. The van der Waals surface area contributed by atoms with E-state index in [1.807, 2.05) is 24.3 Å². The summed E-state index contributed by atoms with van der Waals surface area (Å²) in [4.78, 5) is 26.0. The minimum atomic E-state index is -4.25. The molecule has 2 aliphatic heterocycles. The van der Waals surface area contributed by atoms with Crippen LogP contribution in [0.5, 0.6) is 46.0 Å². The van der Waals surface area contributed by atoms with Gasteiger partial charge in [-0.1, -0.05) is 48.5 Å². The van der Waals surface area contributed by atoms with Crippen molar-refractivity contribution in [2.24, 2.45) is 0 Å². The number of carbonyl (C=O) groups excluding carboxylic acids is 2. The first-order chi connectivity index (χ1) is 41.6. The van der Waals surface area contributed by atoms with Gasteiger partial charge in [-0.3, -0.25) is 9.59 Å². The number of nitrogens with zero attached hydrogens (tertiary/aromatic N) is 2. The summed E-state index contributed by atoms with van der Waals surface area (Å²) in [5, 5.41) is 0. The molecular weight excluding hydrogens is 1160 g/mol. The van der Waals surface area contributed by atoms with E-state index in [9.17, 15) is 35.5 Å². The van der Waals surface area contributed by atoms with E-state index in [1.165, 1.54) is 70.8 Å². The Morgan fingerprint density at radius 3 is 1.07 bits per heavy atom. The number of rotatable bonds is 26. The summed E-state index contributed by atoms with van der Waals surface area (Å²) in [6.07, 6.45) is 5.85. The van der Waals surface area contributed by atoms with Crippen molar-refractivity contribution in [1.82, 2.24) is 0 Å². The second-order valence-corrected chi connectivity index (χ2v) is 24.3. The molecule has 0 spiro atoms. The van der Waals surface area contributed by atoms with Gasteiger partial charge in [-0.05, 0) is 114 Å². The van der Waals surface area contributed by atoms with Gasteiger partial charge < -0.3 is 65.4 Å². The van der Waals surface area contributed by atoms with Gasteiger partial charge >= 0.3 is 11.9 Å². The second-order valence-electron chi connectivity index (χ2n) is 21.5. The number of esters is 2. The molecule has 0 bridgehead atoms. The lowest BCUT2D eigenvalue weighted by Gasteiger charge is -2.46. The standard InChI is InChI=1S/C53H72N2O12.2C6H6O3S/c1-54(22-18-38-32-48(62-7)50(64-9)34-40(38)42(54)28-36-14-16-44(58-3)46(30-36)60-5)24-20-52(56)66-26-12-11-13-27-67-53(57)21-25-55(2)23-19-39-33-49(63-8)51(65-10)35-41(39)43(55)29-37-15-17-45(59-4)47(31-37)61-6;2*7-10(8,9)6-4-2-1-3-5-6/h14-17,30-35,42-43H,11-13,18-29H2,1-10H3;2*1-5H,(H,7,8,9)/q+2;;/p-2/t42-,43+,54-,55-;;/m0../s1. The van der Waals surface area contributed by atoms with E-state index < -0.39 is 20.2 Å². The van der Waals surface area contributed by atoms with E-state index in [2.05, 4.69) is 50.5 Å². The van der Waals surface area contributed by atoms with Crippen LogP contribution in [0, 0.1) is 0 Å². The average molecular weight is 1240 g/mol. The Kier molecular flexibility index (Phi) is 25.1. The highest BCUT2D eigenvalue weighted by molar-refractivity contribution is 7.86. The second kappa shape index (κ2) is 31.9. The summed E-state index contributed by atoms with van der Waals surface area (Å²) in [5.74, 6) is 5.06. The van der Waals surface area contributed by atoms with E-state index in [0.29, 0.717) is 107 Å². The minimum absolute atomic E-state index is 0.0393. The fraction of sp³-hybridized carbons (Fsp3) is 0.415. The monoisotopic (exact) mass is 1240 g/mol. The highest BCUT2D eigenvalue weighted by Gasteiger charge is 2.42. The predicted octanol–water partition coefficient (Wildman–Crippen LogP) is 9.25. The summed E-state index contributed by atoms with van der Waals surface area (Å²) in [6, 6.07) is 34.9. The highest BCUT2D eigenvalue weighted by atomic mass is 32.2. The van der Waals surface area contributed by atoms with Crippen LogP contribution >= 0.6 is 0 Å². The normalized spacial score (nSPS) is 17.7. The van der Waals surface area contributed by atoms with E-state index in [0.717, 1.165) is 56.3 Å². The fourth-order valence-corrected chi connectivity index (χ4v) is 12.1. The summed E-state index contributed by atoms with van der Waals surface area (Å²) in [5.41, 5.74) is 7.00. The van der Waals surface area contributed by atoms with E-state index in [1.54, 1.807) is 69.0 Å². The third kappa shape index (κ3) is 18.7. The molecular formula is C65H82N2O18S2. The van der Waals surface area contributed by atoms with Gasteiger partial charge in [-0.2, -0.15) is 0 Å². The summed E-state index contributed by atoms with van der Waals surface area (Å²) in [6.45, 7) is 3.57. The van der Waals surface area contributed by atoms with Crippen molar-refractivity contribution in [3.05, 3.63) is 155 Å². The maximum Gasteiger partial charge on any atom is 0.311 e. The van der Waals surface area contributed by atoms with Crippen LogP contribution in [-0.4, -0.2) is 157 Å². The molecule has 87 heavy (non-hydrogen) atoms. The molecule has 0 saturated carbocycles. The molecule has 0 unspecified atom stereocenters. The number of carbonyl (C=O) groups is 2. The molecule has 0 amide bonds. The molecule has 472 valence electrons. The molecule has 2 aliphatic rings. The molecule has 20 nitrogen and oxygen atoms in total. The Morgan fingerprint density at radius 1 is 0.437 bits per heavy atom. The first kappa shape index (κ1) is 68.5. The molecule has 0 aliphatic carbocycles. The fourth-order valence-electron chi connectivity index (χ4n) is 11.1. The van der Waals surface area contributed by atoms with Gasteiger partial charge in [-0.15, -0.1) is 0 Å². The summed E-state index contributed by atoms with van der Waals surface area (Å²) >= 11 is 0. The van der Waals surface area contributed by atoms with Crippen molar-refractivity contribution < 1.29 is 91.9 Å². The van der Waals surface area contributed by atoms with Crippen LogP contribution in [0.3, 0.4) is 0 Å². The molecule has 22 heteroatoms. The van der Waals surface area contributed by atoms with E-state index in [-0.39, 0.29) is 33.8 Å². The van der Waals surface area contributed by atoms with Gasteiger partial charge in [0.1, 0.15) is 32.3 Å².